The maximum absolute atomic E-state index is 13.4. The number of carbonyl (C=O) groups excluding carboxylic acids is 4. The molecule has 10 heteroatoms. The zero-order chi connectivity index (χ0) is 25.6. The van der Waals surface area contributed by atoms with E-state index in [1.165, 1.54) is 4.90 Å². The smallest absolute Gasteiger partial charge is 0.276 e. The second kappa shape index (κ2) is 9.48. The van der Waals surface area contributed by atoms with E-state index in [2.05, 4.69) is 36.4 Å². The maximum atomic E-state index is 13.4. The summed E-state index contributed by atoms with van der Waals surface area (Å²) in [5.41, 5.74) is 2.28. The Hall–Kier alpha value is -3.56. The summed E-state index contributed by atoms with van der Waals surface area (Å²) < 4.78 is 1.55. The molecule has 3 aliphatic rings. The van der Waals surface area contributed by atoms with Crippen molar-refractivity contribution in [3.8, 4) is 5.69 Å². The number of hydrogen-bond acceptors (Lipinski definition) is 6. The Bertz CT molecular complexity index is 1220. The number of hydrogen-bond donors (Lipinski definition) is 1. The van der Waals surface area contributed by atoms with Gasteiger partial charge in [-0.3, -0.25) is 24.5 Å². The molecule has 4 amide bonds. The van der Waals surface area contributed by atoms with Gasteiger partial charge in [0, 0.05) is 31.1 Å². The highest BCUT2D eigenvalue weighted by Crippen LogP contribution is 2.30. The van der Waals surface area contributed by atoms with Crippen LogP contribution >= 0.6 is 0 Å². The number of carbonyl (C=O) groups is 4. The molecule has 3 atom stereocenters. The Morgan fingerprint density at radius 1 is 1.11 bits per heavy atom. The lowest BCUT2D eigenvalue weighted by molar-refractivity contribution is -0.136. The molecule has 0 spiro atoms. The van der Waals surface area contributed by atoms with Crippen LogP contribution in [-0.2, 0) is 16.1 Å². The number of piperidine rings is 1. The van der Waals surface area contributed by atoms with E-state index in [-0.39, 0.29) is 36.7 Å². The van der Waals surface area contributed by atoms with E-state index < -0.39 is 11.9 Å². The van der Waals surface area contributed by atoms with Crippen LogP contribution in [0.2, 0.25) is 0 Å². The van der Waals surface area contributed by atoms with Crippen molar-refractivity contribution in [3.63, 3.8) is 0 Å². The minimum absolute atomic E-state index is 0.102. The average Bonchev–Trinajstić information content (AvgIpc) is 3.40. The summed E-state index contributed by atoms with van der Waals surface area (Å²) >= 11 is 0. The van der Waals surface area contributed by atoms with Gasteiger partial charge in [-0.2, -0.15) is 0 Å². The van der Waals surface area contributed by atoms with Crippen LogP contribution in [0.15, 0.2) is 24.4 Å². The number of imide groups is 1. The molecule has 2 saturated heterocycles. The third kappa shape index (κ3) is 4.40. The third-order valence-electron chi connectivity index (χ3n) is 7.73. The van der Waals surface area contributed by atoms with Crippen LogP contribution in [0.25, 0.3) is 5.69 Å². The number of likely N-dealkylation sites (tertiary alicyclic amines) is 1. The van der Waals surface area contributed by atoms with Crippen molar-refractivity contribution in [2.75, 3.05) is 6.54 Å². The Labute approximate surface area is 210 Å². The molecular formula is C26H32N6O4. The first kappa shape index (κ1) is 24.1. The highest BCUT2D eigenvalue weighted by Gasteiger charge is 2.39. The fourth-order valence-electron chi connectivity index (χ4n) is 5.56. The molecule has 1 aromatic heterocycles. The molecule has 5 rings (SSSR count). The van der Waals surface area contributed by atoms with E-state index in [0.29, 0.717) is 41.7 Å². The van der Waals surface area contributed by atoms with E-state index in [1.807, 2.05) is 11.0 Å². The van der Waals surface area contributed by atoms with Crippen molar-refractivity contribution < 1.29 is 19.2 Å². The number of amides is 4. The van der Waals surface area contributed by atoms with Gasteiger partial charge in [-0.1, -0.05) is 26.0 Å². The minimum Gasteiger partial charge on any atom is -0.334 e. The molecule has 2 fully saturated rings. The van der Waals surface area contributed by atoms with Gasteiger partial charge in [0.25, 0.3) is 11.8 Å². The second-order valence-electron chi connectivity index (χ2n) is 10.6. The molecule has 10 nitrogen and oxygen atoms in total. The lowest BCUT2D eigenvalue weighted by Crippen LogP contribution is -2.52. The monoisotopic (exact) mass is 492 g/mol. The van der Waals surface area contributed by atoms with Gasteiger partial charge < -0.3 is 9.80 Å². The van der Waals surface area contributed by atoms with Crippen molar-refractivity contribution in [1.29, 1.82) is 0 Å². The third-order valence-corrected chi connectivity index (χ3v) is 7.73. The van der Waals surface area contributed by atoms with Crippen molar-refractivity contribution in [3.05, 3.63) is 41.2 Å². The lowest BCUT2D eigenvalue weighted by Gasteiger charge is -2.32. The molecule has 190 valence electrons. The predicted octanol–water partition coefficient (Wildman–Crippen LogP) is 2.32. The van der Waals surface area contributed by atoms with Crippen molar-refractivity contribution in [1.82, 2.24) is 30.1 Å². The number of rotatable bonds is 4. The Kier molecular flexibility index (Phi) is 6.36. The summed E-state index contributed by atoms with van der Waals surface area (Å²) in [6, 6.07) is 4.83. The normalized spacial score (nSPS) is 24.7. The Morgan fingerprint density at radius 2 is 1.92 bits per heavy atom. The number of aromatic nitrogens is 3. The second-order valence-corrected chi connectivity index (χ2v) is 10.6. The minimum atomic E-state index is -0.660. The van der Waals surface area contributed by atoms with Gasteiger partial charge in [0.15, 0.2) is 5.69 Å². The van der Waals surface area contributed by atoms with Crippen LogP contribution in [0.5, 0.6) is 0 Å². The molecule has 3 aliphatic heterocycles. The van der Waals surface area contributed by atoms with Crippen LogP contribution in [0.3, 0.4) is 0 Å². The number of benzene rings is 1. The van der Waals surface area contributed by atoms with Gasteiger partial charge >= 0.3 is 0 Å². The molecule has 36 heavy (non-hydrogen) atoms. The molecule has 3 unspecified atom stereocenters. The Balaban J connectivity index is 1.35. The quantitative estimate of drug-likeness (QED) is 0.655. The van der Waals surface area contributed by atoms with Crippen LogP contribution in [0.1, 0.15) is 79.3 Å². The van der Waals surface area contributed by atoms with Gasteiger partial charge in [0.05, 0.1) is 11.9 Å². The lowest BCUT2D eigenvalue weighted by atomic mass is 9.95. The topological polar surface area (TPSA) is 118 Å². The zero-order valence-electron chi connectivity index (χ0n) is 20.9. The number of nitrogens with zero attached hydrogens (tertiary/aromatic N) is 5. The number of nitrogens with one attached hydrogen (secondary N) is 1. The molecule has 1 N–H and O–H groups in total. The first-order valence-electron chi connectivity index (χ1n) is 12.7. The first-order chi connectivity index (χ1) is 17.2. The summed E-state index contributed by atoms with van der Waals surface area (Å²) in [6.45, 7) is 7.54. The largest absolute Gasteiger partial charge is 0.334 e. The summed E-state index contributed by atoms with van der Waals surface area (Å²) in [5, 5.41) is 10.7. The summed E-state index contributed by atoms with van der Waals surface area (Å²) in [6.07, 6.45) is 5.25. The summed E-state index contributed by atoms with van der Waals surface area (Å²) in [4.78, 5) is 53.6. The molecular weight excluding hydrogens is 460 g/mol. The van der Waals surface area contributed by atoms with Crippen molar-refractivity contribution in [2.24, 2.45) is 11.8 Å². The zero-order valence-corrected chi connectivity index (χ0v) is 20.9. The molecule has 2 aromatic rings. The van der Waals surface area contributed by atoms with Crippen molar-refractivity contribution >= 4 is 23.6 Å². The standard InChI is InChI=1S/C26H32N6O4/c1-15(2)21-7-4-16(3)10-11-30(21)26(36)20-14-32(29-28-20)18-5-6-19-17(12-18)13-31(25(19)35)22-8-9-23(33)27-24(22)34/h5-6,12,14-16,21-22H,4,7-11,13H2,1-3H3,(H,27,33,34). The molecule has 0 radical (unpaired) electrons. The SMILES string of the molecule is CC1CCC(C(C)C)N(C(=O)c2cn(-c3ccc4c(c3)CN(C3CCC(=O)NC3=O)C4=O)nn2)CC1. The highest BCUT2D eigenvalue weighted by atomic mass is 16.2. The summed E-state index contributed by atoms with van der Waals surface area (Å²) in [7, 11) is 0. The van der Waals surface area contributed by atoms with E-state index in [9.17, 15) is 19.2 Å². The molecule has 0 saturated carbocycles. The van der Waals surface area contributed by atoms with Gasteiger partial charge in [0.1, 0.15) is 6.04 Å². The fourth-order valence-corrected chi connectivity index (χ4v) is 5.56. The van der Waals surface area contributed by atoms with Crippen LogP contribution in [-0.4, -0.2) is 67.1 Å². The average molecular weight is 493 g/mol. The first-order valence-corrected chi connectivity index (χ1v) is 12.7. The van der Waals surface area contributed by atoms with Crippen LogP contribution in [0.4, 0.5) is 0 Å². The predicted molar refractivity (Wildman–Crippen MR) is 130 cm³/mol. The van der Waals surface area contributed by atoms with Crippen LogP contribution < -0.4 is 5.32 Å². The van der Waals surface area contributed by atoms with Crippen LogP contribution in [0, 0.1) is 11.8 Å². The van der Waals surface area contributed by atoms with Gasteiger partial charge in [0.2, 0.25) is 11.8 Å². The van der Waals surface area contributed by atoms with E-state index in [1.54, 1.807) is 23.0 Å². The molecule has 1 aromatic carbocycles. The van der Waals surface area contributed by atoms with E-state index in [0.717, 1.165) is 24.8 Å². The van der Waals surface area contributed by atoms with Gasteiger partial charge in [-0.15, -0.1) is 5.10 Å². The number of fused-ring (bicyclic) bond motifs is 1. The van der Waals surface area contributed by atoms with E-state index >= 15 is 0 Å². The van der Waals surface area contributed by atoms with Gasteiger partial charge in [-0.25, -0.2) is 4.68 Å². The van der Waals surface area contributed by atoms with Gasteiger partial charge in [-0.05, 0) is 61.3 Å². The fraction of sp³-hybridized carbons (Fsp3) is 0.538. The Morgan fingerprint density at radius 3 is 2.67 bits per heavy atom. The van der Waals surface area contributed by atoms with Crippen molar-refractivity contribution in [2.45, 2.75) is 71.5 Å². The molecule has 0 aliphatic carbocycles. The maximum Gasteiger partial charge on any atom is 0.276 e. The molecule has 4 heterocycles. The molecule has 0 bridgehead atoms. The van der Waals surface area contributed by atoms with E-state index in [4.69, 9.17) is 0 Å². The summed E-state index contributed by atoms with van der Waals surface area (Å²) in [5.74, 6) is -0.127. The highest BCUT2D eigenvalue weighted by molar-refractivity contribution is 6.05.